The van der Waals surface area contributed by atoms with Crippen molar-refractivity contribution in [2.75, 3.05) is 30.2 Å². The molecule has 0 saturated carbocycles. The first-order valence-electron chi connectivity index (χ1n) is 7.87. The molecule has 6 heteroatoms. The van der Waals surface area contributed by atoms with Crippen LogP contribution in [0.5, 0.6) is 0 Å². The van der Waals surface area contributed by atoms with Crippen LogP contribution in [0.15, 0.2) is 18.2 Å². The number of carbonyl (C=O) groups is 1. The van der Waals surface area contributed by atoms with Crippen LogP contribution in [0.25, 0.3) is 0 Å². The van der Waals surface area contributed by atoms with E-state index in [0.29, 0.717) is 18.5 Å². The van der Waals surface area contributed by atoms with Gasteiger partial charge in [0.25, 0.3) is 5.91 Å². The Morgan fingerprint density at radius 2 is 1.73 bits per heavy atom. The zero-order valence-corrected chi connectivity index (χ0v) is 13.7. The van der Waals surface area contributed by atoms with E-state index in [1.54, 1.807) is 12.1 Å². The number of hydrogen-bond donors (Lipinski definition) is 0. The van der Waals surface area contributed by atoms with E-state index in [1.165, 1.54) is 23.4 Å². The van der Waals surface area contributed by atoms with Gasteiger partial charge in [0.2, 0.25) is 10.0 Å². The standard InChI is InChI=1S/C16H22N2O3S/c1-22(20,21)18-11-8-13-12-14(6-7-15(13)18)16(19)17-9-4-2-3-5-10-17/h6-7,12H,2-5,8-11H2,1H3. The van der Waals surface area contributed by atoms with Gasteiger partial charge < -0.3 is 4.90 Å². The van der Waals surface area contributed by atoms with Crippen LogP contribution in [0.3, 0.4) is 0 Å². The molecule has 5 nitrogen and oxygen atoms in total. The molecular formula is C16H22N2O3S. The lowest BCUT2D eigenvalue weighted by Gasteiger charge is -2.21. The number of rotatable bonds is 2. The fraction of sp³-hybridized carbons (Fsp3) is 0.562. The molecule has 0 atom stereocenters. The summed E-state index contributed by atoms with van der Waals surface area (Å²) in [5.41, 5.74) is 2.34. The van der Waals surface area contributed by atoms with E-state index in [1.807, 2.05) is 11.0 Å². The molecule has 0 N–H and O–H groups in total. The van der Waals surface area contributed by atoms with Crippen LogP contribution < -0.4 is 4.31 Å². The molecule has 0 bridgehead atoms. The van der Waals surface area contributed by atoms with Crippen LogP contribution in [0.2, 0.25) is 0 Å². The summed E-state index contributed by atoms with van der Waals surface area (Å²) < 4.78 is 24.9. The van der Waals surface area contributed by atoms with Crippen molar-refractivity contribution < 1.29 is 13.2 Å². The van der Waals surface area contributed by atoms with Crippen molar-refractivity contribution in [1.82, 2.24) is 4.90 Å². The Kier molecular flexibility index (Phi) is 4.12. The molecule has 0 spiro atoms. The van der Waals surface area contributed by atoms with Gasteiger partial charge in [-0.15, -0.1) is 0 Å². The molecule has 2 aliphatic heterocycles. The lowest BCUT2D eigenvalue weighted by atomic mass is 10.1. The average Bonchev–Trinajstić information content (AvgIpc) is 2.72. The third-order valence-corrected chi connectivity index (χ3v) is 5.65. The van der Waals surface area contributed by atoms with Crippen LogP contribution in [0.1, 0.15) is 41.6 Å². The maximum absolute atomic E-state index is 12.6. The van der Waals surface area contributed by atoms with Crippen molar-refractivity contribution in [2.45, 2.75) is 32.1 Å². The van der Waals surface area contributed by atoms with Crippen LogP contribution in [-0.4, -0.2) is 45.1 Å². The fourth-order valence-electron chi connectivity index (χ4n) is 3.31. The van der Waals surface area contributed by atoms with Crippen LogP contribution >= 0.6 is 0 Å². The number of nitrogens with zero attached hydrogens (tertiary/aromatic N) is 2. The van der Waals surface area contributed by atoms with E-state index in [2.05, 4.69) is 0 Å². The van der Waals surface area contributed by atoms with Gasteiger partial charge in [0.15, 0.2) is 0 Å². The van der Waals surface area contributed by atoms with E-state index < -0.39 is 10.0 Å². The number of amides is 1. The predicted molar refractivity (Wildman–Crippen MR) is 86.7 cm³/mol. The lowest BCUT2D eigenvalue weighted by molar-refractivity contribution is 0.0761. The number of hydrogen-bond acceptors (Lipinski definition) is 3. The molecule has 1 amide bonds. The zero-order valence-electron chi connectivity index (χ0n) is 12.9. The van der Waals surface area contributed by atoms with E-state index >= 15 is 0 Å². The number of fused-ring (bicyclic) bond motifs is 1. The third-order valence-electron chi connectivity index (χ3n) is 4.47. The molecule has 0 aliphatic carbocycles. The SMILES string of the molecule is CS(=O)(=O)N1CCc2cc(C(=O)N3CCCCCC3)ccc21. The Balaban J connectivity index is 1.84. The van der Waals surface area contributed by atoms with Gasteiger partial charge in [-0.2, -0.15) is 0 Å². The normalized spacial score (nSPS) is 19.0. The van der Waals surface area contributed by atoms with E-state index in [4.69, 9.17) is 0 Å². The number of benzene rings is 1. The Bertz CT molecular complexity index is 677. The topological polar surface area (TPSA) is 57.7 Å². The number of likely N-dealkylation sites (tertiary alicyclic amines) is 1. The van der Waals surface area contributed by atoms with Gasteiger partial charge in [0.05, 0.1) is 11.9 Å². The zero-order chi connectivity index (χ0) is 15.7. The number of sulfonamides is 1. The molecule has 0 unspecified atom stereocenters. The highest BCUT2D eigenvalue weighted by Crippen LogP contribution is 2.31. The quantitative estimate of drug-likeness (QED) is 0.837. The summed E-state index contributed by atoms with van der Waals surface area (Å²) in [5.74, 6) is 0.0718. The van der Waals surface area contributed by atoms with E-state index in [-0.39, 0.29) is 5.91 Å². The van der Waals surface area contributed by atoms with Crippen molar-refractivity contribution in [3.05, 3.63) is 29.3 Å². The Labute approximate surface area is 132 Å². The molecule has 1 saturated heterocycles. The van der Waals surface area contributed by atoms with Crippen LogP contribution in [0.4, 0.5) is 5.69 Å². The molecule has 0 radical (unpaired) electrons. The molecular weight excluding hydrogens is 300 g/mol. The first-order valence-corrected chi connectivity index (χ1v) is 9.71. The second-order valence-corrected chi connectivity index (χ2v) is 8.04. The maximum atomic E-state index is 12.6. The van der Waals surface area contributed by atoms with Gasteiger partial charge in [-0.25, -0.2) is 8.42 Å². The van der Waals surface area contributed by atoms with Gasteiger partial charge in [-0.3, -0.25) is 9.10 Å². The molecule has 0 aromatic heterocycles. The van der Waals surface area contributed by atoms with Crippen molar-refractivity contribution >= 4 is 21.6 Å². The molecule has 3 rings (SSSR count). The van der Waals surface area contributed by atoms with Crippen molar-refractivity contribution in [2.24, 2.45) is 0 Å². The highest BCUT2D eigenvalue weighted by molar-refractivity contribution is 7.92. The minimum Gasteiger partial charge on any atom is -0.339 e. The second kappa shape index (κ2) is 5.91. The maximum Gasteiger partial charge on any atom is 0.253 e. The smallest absolute Gasteiger partial charge is 0.253 e. The average molecular weight is 322 g/mol. The monoisotopic (exact) mass is 322 g/mol. The Morgan fingerprint density at radius 1 is 1.05 bits per heavy atom. The van der Waals surface area contributed by atoms with Crippen LogP contribution in [0, 0.1) is 0 Å². The van der Waals surface area contributed by atoms with Gasteiger partial charge in [0, 0.05) is 25.2 Å². The molecule has 1 aromatic carbocycles. The van der Waals surface area contributed by atoms with Gasteiger partial charge in [-0.1, -0.05) is 12.8 Å². The molecule has 1 aromatic rings. The first-order chi connectivity index (χ1) is 10.5. The highest BCUT2D eigenvalue weighted by atomic mass is 32.2. The third kappa shape index (κ3) is 2.97. The Morgan fingerprint density at radius 3 is 2.36 bits per heavy atom. The summed E-state index contributed by atoms with van der Waals surface area (Å²) in [5, 5.41) is 0. The Hall–Kier alpha value is -1.56. The van der Waals surface area contributed by atoms with E-state index in [0.717, 1.165) is 37.2 Å². The van der Waals surface area contributed by atoms with Gasteiger partial charge in [-0.05, 0) is 43.0 Å². The van der Waals surface area contributed by atoms with Gasteiger partial charge >= 0.3 is 0 Å². The van der Waals surface area contributed by atoms with E-state index in [9.17, 15) is 13.2 Å². The molecule has 2 heterocycles. The molecule has 2 aliphatic rings. The summed E-state index contributed by atoms with van der Waals surface area (Å²) in [6.45, 7) is 2.12. The summed E-state index contributed by atoms with van der Waals surface area (Å²) in [7, 11) is -3.24. The summed E-state index contributed by atoms with van der Waals surface area (Å²) >= 11 is 0. The van der Waals surface area contributed by atoms with Crippen molar-refractivity contribution in [3.8, 4) is 0 Å². The number of anilines is 1. The second-order valence-electron chi connectivity index (χ2n) is 6.14. The lowest BCUT2D eigenvalue weighted by Crippen LogP contribution is -2.31. The van der Waals surface area contributed by atoms with Crippen molar-refractivity contribution in [3.63, 3.8) is 0 Å². The van der Waals surface area contributed by atoms with Crippen LogP contribution in [-0.2, 0) is 16.4 Å². The summed E-state index contributed by atoms with van der Waals surface area (Å²) in [4.78, 5) is 14.6. The highest BCUT2D eigenvalue weighted by Gasteiger charge is 2.27. The summed E-state index contributed by atoms with van der Waals surface area (Å²) in [6, 6.07) is 5.40. The largest absolute Gasteiger partial charge is 0.339 e. The van der Waals surface area contributed by atoms with Crippen molar-refractivity contribution in [1.29, 1.82) is 0 Å². The minimum absolute atomic E-state index is 0.0718. The molecule has 1 fully saturated rings. The number of carbonyl (C=O) groups excluding carboxylic acids is 1. The molecule has 22 heavy (non-hydrogen) atoms. The summed E-state index contributed by atoms with van der Waals surface area (Å²) in [6.07, 6.45) is 6.41. The first kappa shape index (κ1) is 15.3. The molecule has 120 valence electrons. The predicted octanol–water partition coefficient (Wildman–Crippen LogP) is 2.02. The van der Waals surface area contributed by atoms with Gasteiger partial charge in [0.1, 0.15) is 0 Å². The fourth-order valence-corrected chi connectivity index (χ4v) is 4.26. The minimum atomic E-state index is -3.24.